The number of hydrogen-bond donors (Lipinski definition) is 0. The standard InChI is InChI=1S/C13H23N3O/c1-10(2)7-12-14-13(17-15-12)9-16-6-4-5-11(3)8-16/h10-11H,4-9H2,1-3H3/t11-/m1/s1. The molecule has 0 unspecified atom stereocenters. The van der Waals surface area contributed by atoms with Gasteiger partial charge in [-0.05, 0) is 31.2 Å². The van der Waals surface area contributed by atoms with Crippen LogP contribution in [0, 0.1) is 11.8 Å². The fraction of sp³-hybridized carbons (Fsp3) is 0.846. The molecule has 0 aliphatic carbocycles. The zero-order valence-corrected chi connectivity index (χ0v) is 11.1. The van der Waals surface area contributed by atoms with Crippen molar-refractivity contribution >= 4 is 0 Å². The first-order valence-corrected chi connectivity index (χ1v) is 6.67. The lowest BCUT2D eigenvalue weighted by atomic mass is 10.0. The second-order valence-corrected chi connectivity index (χ2v) is 5.68. The van der Waals surface area contributed by atoms with Crippen molar-refractivity contribution in [1.29, 1.82) is 0 Å². The van der Waals surface area contributed by atoms with Crippen LogP contribution >= 0.6 is 0 Å². The zero-order valence-electron chi connectivity index (χ0n) is 11.1. The monoisotopic (exact) mass is 237 g/mol. The Morgan fingerprint density at radius 3 is 3.00 bits per heavy atom. The van der Waals surface area contributed by atoms with Crippen LogP contribution < -0.4 is 0 Å². The molecule has 0 N–H and O–H groups in total. The molecule has 96 valence electrons. The first-order chi connectivity index (χ1) is 8.13. The molecule has 0 amide bonds. The summed E-state index contributed by atoms with van der Waals surface area (Å²) in [6.07, 6.45) is 3.53. The van der Waals surface area contributed by atoms with Gasteiger partial charge in [-0.3, -0.25) is 4.90 Å². The minimum atomic E-state index is 0.579. The summed E-state index contributed by atoms with van der Waals surface area (Å²) in [4.78, 5) is 6.87. The summed E-state index contributed by atoms with van der Waals surface area (Å²) in [5.41, 5.74) is 0. The van der Waals surface area contributed by atoms with Crippen molar-refractivity contribution in [1.82, 2.24) is 15.0 Å². The van der Waals surface area contributed by atoms with E-state index in [4.69, 9.17) is 4.52 Å². The molecule has 4 heteroatoms. The highest BCUT2D eigenvalue weighted by Crippen LogP contribution is 2.17. The van der Waals surface area contributed by atoms with Crippen molar-refractivity contribution in [3.63, 3.8) is 0 Å². The lowest BCUT2D eigenvalue weighted by Gasteiger charge is -2.29. The first kappa shape index (κ1) is 12.6. The van der Waals surface area contributed by atoms with Crippen molar-refractivity contribution < 1.29 is 4.52 Å². The zero-order chi connectivity index (χ0) is 12.3. The molecule has 2 heterocycles. The summed E-state index contributed by atoms with van der Waals surface area (Å²) in [6.45, 7) is 9.78. The lowest BCUT2D eigenvalue weighted by Crippen LogP contribution is -2.33. The summed E-state index contributed by atoms with van der Waals surface area (Å²) in [7, 11) is 0. The Kier molecular flexibility index (Phi) is 4.15. The van der Waals surface area contributed by atoms with Gasteiger partial charge in [-0.1, -0.05) is 25.9 Å². The number of likely N-dealkylation sites (tertiary alicyclic amines) is 1. The average Bonchev–Trinajstić information content (AvgIpc) is 2.64. The van der Waals surface area contributed by atoms with E-state index in [9.17, 15) is 0 Å². The second-order valence-electron chi connectivity index (χ2n) is 5.68. The molecule has 1 fully saturated rings. The van der Waals surface area contributed by atoms with Gasteiger partial charge in [0.05, 0.1) is 6.54 Å². The number of nitrogens with zero attached hydrogens (tertiary/aromatic N) is 3. The van der Waals surface area contributed by atoms with Crippen molar-refractivity contribution in [3.05, 3.63) is 11.7 Å². The maximum Gasteiger partial charge on any atom is 0.240 e. The van der Waals surface area contributed by atoms with Crippen LogP contribution in [0.15, 0.2) is 4.52 Å². The van der Waals surface area contributed by atoms with Crippen LogP contribution in [0.25, 0.3) is 0 Å². The molecule has 1 aromatic rings. The van der Waals surface area contributed by atoms with Gasteiger partial charge in [-0.15, -0.1) is 0 Å². The van der Waals surface area contributed by atoms with Gasteiger partial charge in [0.2, 0.25) is 5.89 Å². The minimum Gasteiger partial charge on any atom is -0.338 e. The third kappa shape index (κ3) is 3.80. The van der Waals surface area contributed by atoms with Gasteiger partial charge < -0.3 is 4.52 Å². The van der Waals surface area contributed by atoms with E-state index < -0.39 is 0 Å². The van der Waals surface area contributed by atoms with Crippen LogP contribution in [0.3, 0.4) is 0 Å². The van der Waals surface area contributed by atoms with Crippen LogP contribution in [-0.4, -0.2) is 28.1 Å². The Bertz CT molecular complexity index is 348. The van der Waals surface area contributed by atoms with Gasteiger partial charge in [-0.2, -0.15) is 4.98 Å². The maximum atomic E-state index is 5.30. The number of piperidine rings is 1. The van der Waals surface area contributed by atoms with Gasteiger partial charge in [0.1, 0.15) is 0 Å². The predicted molar refractivity (Wildman–Crippen MR) is 66.5 cm³/mol. The van der Waals surface area contributed by atoms with Crippen LogP contribution in [0.5, 0.6) is 0 Å². The molecule has 1 atom stereocenters. The lowest BCUT2D eigenvalue weighted by molar-refractivity contribution is 0.157. The molecule has 4 nitrogen and oxygen atoms in total. The van der Waals surface area contributed by atoms with E-state index in [0.717, 1.165) is 43.7 Å². The molecule has 1 aromatic heterocycles. The smallest absolute Gasteiger partial charge is 0.240 e. The van der Waals surface area contributed by atoms with Crippen molar-refractivity contribution in [3.8, 4) is 0 Å². The summed E-state index contributed by atoms with van der Waals surface area (Å²) >= 11 is 0. The van der Waals surface area contributed by atoms with Crippen LogP contribution in [0.4, 0.5) is 0 Å². The Morgan fingerprint density at radius 1 is 1.47 bits per heavy atom. The highest BCUT2D eigenvalue weighted by molar-refractivity contribution is 4.88. The van der Waals surface area contributed by atoms with E-state index in [-0.39, 0.29) is 0 Å². The number of aromatic nitrogens is 2. The third-order valence-corrected chi connectivity index (χ3v) is 3.20. The molecular weight excluding hydrogens is 214 g/mol. The van der Waals surface area contributed by atoms with Gasteiger partial charge >= 0.3 is 0 Å². The molecule has 2 rings (SSSR count). The Morgan fingerprint density at radius 2 is 2.29 bits per heavy atom. The number of rotatable bonds is 4. The first-order valence-electron chi connectivity index (χ1n) is 6.67. The van der Waals surface area contributed by atoms with Crippen LogP contribution in [0.1, 0.15) is 45.3 Å². The predicted octanol–water partition coefficient (Wildman–Crippen LogP) is 2.50. The molecule has 17 heavy (non-hydrogen) atoms. The van der Waals surface area contributed by atoms with Crippen LogP contribution in [0.2, 0.25) is 0 Å². The normalized spacial score (nSPS) is 22.2. The Hall–Kier alpha value is -0.900. The van der Waals surface area contributed by atoms with Crippen LogP contribution in [-0.2, 0) is 13.0 Å². The molecular formula is C13H23N3O. The molecule has 0 radical (unpaired) electrons. The SMILES string of the molecule is CC(C)Cc1noc(CN2CCC[C@@H](C)C2)n1. The van der Waals surface area contributed by atoms with Gasteiger partial charge in [0.25, 0.3) is 0 Å². The number of hydrogen-bond acceptors (Lipinski definition) is 4. The summed E-state index contributed by atoms with van der Waals surface area (Å²) in [5, 5.41) is 4.03. The van der Waals surface area contributed by atoms with E-state index in [2.05, 4.69) is 35.8 Å². The molecule has 1 aliphatic heterocycles. The maximum absolute atomic E-state index is 5.30. The molecule has 1 saturated heterocycles. The quantitative estimate of drug-likeness (QED) is 0.807. The molecule has 0 aromatic carbocycles. The highest BCUT2D eigenvalue weighted by atomic mass is 16.5. The van der Waals surface area contributed by atoms with E-state index in [1.165, 1.54) is 12.8 Å². The fourth-order valence-corrected chi connectivity index (χ4v) is 2.42. The van der Waals surface area contributed by atoms with E-state index >= 15 is 0 Å². The van der Waals surface area contributed by atoms with E-state index in [0.29, 0.717) is 5.92 Å². The largest absolute Gasteiger partial charge is 0.338 e. The van der Waals surface area contributed by atoms with Gasteiger partial charge in [0, 0.05) is 13.0 Å². The van der Waals surface area contributed by atoms with Crippen molar-refractivity contribution in [2.75, 3.05) is 13.1 Å². The third-order valence-electron chi connectivity index (χ3n) is 3.20. The van der Waals surface area contributed by atoms with Gasteiger partial charge in [0.15, 0.2) is 5.82 Å². The molecule has 0 bridgehead atoms. The molecule has 0 saturated carbocycles. The highest BCUT2D eigenvalue weighted by Gasteiger charge is 2.18. The topological polar surface area (TPSA) is 42.2 Å². The molecule has 0 spiro atoms. The van der Waals surface area contributed by atoms with Crippen molar-refractivity contribution in [2.45, 2.75) is 46.6 Å². The minimum absolute atomic E-state index is 0.579. The Balaban J connectivity index is 1.87. The van der Waals surface area contributed by atoms with E-state index in [1.54, 1.807) is 0 Å². The Labute approximate surface area is 103 Å². The van der Waals surface area contributed by atoms with Crippen molar-refractivity contribution in [2.24, 2.45) is 11.8 Å². The van der Waals surface area contributed by atoms with E-state index in [1.807, 2.05) is 0 Å². The fourth-order valence-electron chi connectivity index (χ4n) is 2.42. The summed E-state index contributed by atoms with van der Waals surface area (Å²) < 4.78 is 5.30. The summed E-state index contributed by atoms with van der Waals surface area (Å²) in [5.74, 6) is 2.99. The molecule has 1 aliphatic rings. The summed E-state index contributed by atoms with van der Waals surface area (Å²) in [6, 6.07) is 0. The second kappa shape index (κ2) is 5.63. The van der Waals surface area contributed by atoms with Gasteiger partial charge in [-0.25, -0.2) is 0 Å². The average molecular weight is 237 g/mol.